The van der Waals surface area contributed by atoms with Crippen molar-refractivity contribution in [3.63, 3.8) is 0 Å². The minimum atomic E-state index is -1.43. The predicted molar refractivity (Wildman–Crippen MR) is 107 cm³/mol. The third-order valence-corrected chi connectivity index (χ3v) is 5.66. The van der Waals surface area contributed by atoms with E-state index in [0.29, 0.717) is 33.0 Å². The molecule has 2 atom stereocenters. The highest BCUT2D eigenvalue weighted by molar-refractivity contribution is 7.90. The summed E-state index contributed by atoms with van der Waals surface area (Å²) < 4.78 is 25.3. The molecule has 146 valence electrons. The highest BCUT2D eigenvalue weighted by atomic mass is 32.2. The Hall–Kier alpha value is -3.33. The molecule has 2 amide bonds. The van der Waals surface area contributed by atoms with Gasteiger partial charge in [-0.15, -0.1) is 0 Å². The Bertz CT molecular complexity index is 1080. The summed E-state index contributed by atoms with van der Waals surface area (Å²) in [7, 11) is 0. The van der Waals surface area contributed by atoms with Gasteiger partial charge < -0.3 is 9.87 Å². The number of amides is 2. The van der Waals surface area contributed by atoms with Gasteiger partial charge in [-0.2, -0.15) is 10.5 Å². The highest BCUT2D eigenvalue weighted by Crippen LogP contribution is 2.36. The molecule has 6 nitrogen and oxygen atoms in total. The van der Waals surface area contributed by atoms with Crippen LogP contribution >= 0.6 is 0 Å². The van der Waals surface area contributed by atoms with Gasteiger partial charge in [0.2, 0.25) is 0 Å². The van der Waals surface area contributed by atoms with E-state index in [4.69, 9.17) is 5.26 Å². The van der Waals surface area contributed by atoms with Crippen molar-refractivity contribution in [1.29, 1.82) is 10.5 Å². The molecule has 0 aromatic heterocycles. The van der Waals surface area contributed by atoms with Crippen molar-refractivity contribution in [2.75, 3.05) is 11.2 Å². The maximum absolute atomic E-state index is 13.0. The first kappa shape index (κ1) is 20.4. The molecular formula is C21H17FN4O2S. The van der Waals surface area contributed by atoms with E-state index in [9.17, 15) is 19.0 Å². The van der Waals surface area contributed by atoms with E-state index in [-0.39, 0.29) is 5.57 Å². The van der Waals surface area contributed by atoms with Crippen LogP contribution in [0.5, 0.6) is 0 Å². The number of allylic oxidation sites excluding steroid dienone is 1. The molecule has 0 unspecified atom stereocenters. The summed E-state index contributed by atoms with van der Waals surface area (Å²) >= 11 is -1.43. The molecule has 8 heteroatoms. The number of nitrogens with one attached hydrogen (secondary N) is 1. The topological polar surface area (TPSA) is 103 Å². The maximum Gasteiger partial charge on any atom is 0.327 e. The number of rotatable bonds is 4. The summed E-state index contributed by atoms with van der Waals surface area (Å²) in [4.78, 5) is 14.6. The lowest BCUT2D eigenvalue weighted by molar-refractivity contribution is 0.243. The minimum Gasteiger partial charge on any atom is -0.612 e. The normalized spacial score (nSPS) is 17.4. The Balaban J connectivity index is 2.13. The number of nitrogens with zero attached hydrogens (tertiary/aromatic N) is 3. The standard InChI is InChI=1S/C21H17FN4O2S/c1-13-18(12-24)20(17-7-6-15(11-23)9-19(17)29(2)28)25-21(27)26(13)16-5-3-4-14(8-16)10-22/h3-9,20H,10H2,1-2H3,(H,25,27)/t20-,29-/m1/s1. The largest absolute Gasteiger partial charge is 0.612 e. The van der Waals surface area contributed by atoms with Crippen LogP contribution in [0, 0.1) is 22.7 Å². The van der Waals surface area contributed by atoms with E-state index in [1.165, 1.54) is 17.2 Å². The van der Waals surface area contributed by atoms with Crippen molar-refractivity contribution in [3.05, 3.63) is 70.4 Å². The van der Waals surface area contributed by atoms with Crippen LogP contribution in [-0.4, -0.2) is 16.8 Å². The summed E-state index contributed by atoms with van der Waals surface area (Å²) in [6, 6.07) is 13.9. The zero-order valence-electron chi connectivity index (χ0n) is 15.8. The average Bonchev–Trinajstić information content (AvgIpc) is 2.73. The van der Waals surface area contributed by atoms with Crippen LogP contribution in [0.15, 0.2) is 58.6 Å². The van der Waals surface area contributed by atoms with Gasteiger partial charge in [-0.25, -0.2) is 9.18 Å². The monoisotopic (exact) mass is 408 g/mol. The van der Waals surface area contributed by atoms with Crippen LogP contribution in [0.4, 0.5) is 14.9 Å². The molecule has 1 N–H and O–H groups in total. The van der Waals surface area contributed by atoms with Crippen molar-refractivity contribution in [2.24, 2.45) is 0 Å². The Morgan fingerprint density at radius 1 is 1.24 bits per heavy atom. The summed E-state index contributed by atoms with van der Waals surface area (Å²) in [5.74, 6) is 0. The molecule has 1 heterocycles. The molecular weight excluding hydrogens is 391 g/mol. The second-order valence-corrected chi connectivity index (χ2v) is 7.80. The number of hydrogen-bond donors (Lipinski definition) is 1. The Morgan fingerprint density at radius 2 is 2.00 bits per heavy atom. The highest BCUT2D eigenvalue weighted by Gasteiger charge is 2.35. The molecule has 1 aliphatic heterocycles. The Kier molecular flexibility index (Phi) is 5.88. The maximum atomic E-state index is 13.0. The van der Waals surface area contributed by atoms with Gasteiger partial charge in [0.05, 0.1) is 35.0 Å². The van der Waals surface area contributed by atoms with Crippen LogP contribution in [-0.2, 0) is 17.9 Å². The zero-order chi connectivity index (χ0) is 21.1. The summed E-state index contributed by atoms with van der Waals surface area (Å²) in [6.45, 7) is 0.968. The smallest absolute Gasteiger partial charge is 0.327 e. The van der Waals surface area contributed by atoms with Gasteiger partial charge >= 0.3 is 6.03 Å². The SMILES string of the molecule is CC1=C(C#N)[C@@H](c2ccc(C#N)cc2[S@@+](C)[O-])NC(=O)N1c1cccc(CF)c1. The molecule has 0 saturated heterocycles. The average molecular weight is 408 g/mol. The van der Waals surface area contributed by atoms with Crippen LogP contribution in [0.25, 0.3) is 0 Å². The molecule has 0 spiro atoms. The first-order valence-corrected chi connectivity index (χ1v) is 10.2. The molecule has 0 radical (unpaired) electrons. The van der Waals surface area contributed by atoms with Crippen molar-refractivity contribution < 1.29 is 13.7 Å². The lowest BCUT2D eigenvalue weighted by Gasteiger charge is -2.34. The fourth-order valence-electron chi connectivity index (χ4n) is 3.30. The van der Waals surface area contributed by atoms with Gasteiger partial charge in [-0.1, -0.05) is 18.2 Å². The number of benzene rings is 2. The van der Waals surface area contributed by atoms with Crippen LogP contribution in [0.1, 0.15) is 29.7 Å². The number of hydrogen-bond acceptors (Lipinski definition) is 4. The Morgan fingerprint density at radius 3 is 2.62 bits per heavy atom. The number of alkyl halides is 1. The zero-order valence-corrected chi connectivity index (χ0v) is 16.6. The van der Waals surface area contributed by atoms with Crippen molar-refractivity contribution >= 4 is 22.9 Å². The number of urea groups is 1. The molecule has 3 rings (SSSR count). The van der Waals surface area contributed by atoms with Gasteiger partial charge in [0.15, 0.2) is 4.90 Å². The van der Waals surface area contributed by atoms with Crippen LogP contribution in [0.2, 0.25) is 0 Å². The van der Waals surface area contributed by atoms with E-state index in [1.807, 2.05) is 6.07 Å². The number of halogens is 1. The van der Waals surface area contributed by atoms with Gasteiger partial charge in [0, 0.05) is 17.3 Å². The second kappa shape index (κ2) is 8.36. The van der Waals surface area contributed by atoms with E-state index in [2.05, 4.69) is 11.4 Å². The second-order valence-electron chi connectivity index (χ2n) is 6.45. The van der Waals surface area contributed by atoms with Crippen LogP contribution < -0.4 is 10.2 Å². The van der Waals surface area contributed by atoms with E-state index < -0.39 is 29.9 Å². The van der Waals surface area contributed by atoms with E-state index >= 15 is 0 Å². The molecule has 1 aliphatic rings. The fourth-order valence-corrected chi connectivity index (χ4v) is 4.11. The number of carbonyl (C=O) groups excluding carboxylic acids is 1. The Labute approximate surface area is 171 Å². The van der Waals surface area contributed by atoms with Gasteiger partial charge in [-0.3, -0.25) is 4.90 Å². The molecule has 0 bridgehead atoms. The van der Waals surface area contributed by atoms with Crippen molar-refractivity contribution in [1.82, 2.24) is 5.32 Å². The molecule has 2 aromatic carbocycles. The lowest BCUT2D eigenvalue weighted by atomic mass is 9.94. The van der Waals surface area contributed by atoms with Crippen LogP contribution in [0.3, 0.4) is 0 Å². The summed E-state index contributed by atoms with van der Waals surface area (Å²) in [5, 5.41) is 21.7. The number of anilines is 1. The molecule has 0 fully saturated rings. The minimum absolute atomic E-state index is 0.270. The summed E-state index contributed by atoms with van der Waals surface area (Å²) in [5.41, 5.74) is 2.36. The third kappa shape index (κ3) is 3.81. The quantitative estimate of drug-likeness (QED) is 0.777. The van der Waals surface area contributed by atoms with Gasteiger partial charge in [0.25, 0.3) is 0 Å². The van der Waals surface area contributed by atoms with Gasteiger partial charge in [-0.05, 0) is 41.9 Å². The van der Waals surface area contributed by atoms with Crippen molar-refractivity contribution in [3.8, 4) is 12.1 Å². The lowest BCUT2D eigenvalue weighted by Crippen LogP contribution is -2.46. The molecule has 29 heavy (non-hydrogen) atoms. The first-order valence-electron chi connectivity index (χ1n) is 8.65. The third-order valence-electron chi connectivity index (χ3n) is 4.69. The number of carbonyl (C=O) groups is 1. The fraction of sp³-hybridized carbons (Fsp3) is 0.190. The van der Waals surface area contributed by atoms with Gasteiger partial charge in [0.1, 0.15) is 12.9 Å². The molecule has 0 aliphatic carbocycles. The van der Waals surface area contributed by atoms with E-state index in [1.54, 1.807) is 43.3 Å². The molecule has 2 aromatic rings. The van der Waals surface area contributed by atoms with Crippen molar-refractivity contribution in [2.45, 2.75) is 24.5 Å². The first-order chi connectivity index (χ1) is 13.9. The molecule has 0 saturated carbocycles. The number of nitriles is 2. The summed E-state index contributed by atoms with van der Waals surface area (Å²) in [6.07, 6.45) is 1.47. The predicted octanol–water partition coefficient (Wildman–Crippen LogP) is 3.83. The van der Waals surface area contributed by atoms with E-state index in [0.717, 1.165) is 0 Å².